The van der Waals surface area contributed by atoms with E-state index in [4.69, 9.17) is 5.11 Å². The van der Waals surface area contributed by atoms with Gasteiger partial charge in [-0.05, 0) is 31.6 Å². The van der Waals surface area contributed by atoms with Crippen molar-refractivity contribution in [2.75, 3.05) is 0 Å². The molecule has 2 atom stereocenters. The fourth-order valence-corrected chi connectivity index (χ4v) is 2.71. The van der Waals surface area contributed by atoms with Crippen molar-refractivity contribution in [3.63, 3.8) is 0 Å². The van der Waals surface area contributed by atoms with Crippen LogP contribution in [0.4, 0.5) is 0 Å². The molecule has 15 heavy (non-hydrogen) atoms. The van der Waals surface area contributed by atoms with E-state index in [-0.39, 0.29) is 0 Å². The van der Waals surface area contributed by atoms with Crippen LogP contribution in [-0.2, 0) is 4.79 Å². The highest BCUT2D eigenvalue weighted by molar-refractivity contribution is 5.81. The summed E-state index contributed by atoms with van der Waals surface area (Å²) in [6.45, 7) is 2.21. The van der Waals surface area contributed by atoms with E-state index < -0.39 is 5.97 Å². The SMILES string of the molecule is CCCCC1=C[C@@H]2C(=CC(=O)O)C[C@@H]2C1. The lowest BCUT2D eigenvalue weighted by Gasteiger charge is -2.33. The quantitative estimate of drug-likeness (QED) is 0.566. The third kappa shape index (κ3) is 2.14. The van der Waals surface area contributed by atoms with E-state index in [0.29, 0.717) is 5.92 Å². The average molecular weight is 206 g/mol. The summed E-state index contributed by atoms with van der Waals surface area (Å²) in [5.41, 5.74) is 2.68. The van der Waals surface area contributed by atoms with E-state index in [1.165, 1.54) is 31.8 Å². The van der Waals surface area contributed by atoms with E-state index >= 15 is 0 Å². The van der Waals surface area contributed by atoms with Gasteiger partial charge in [0.25, 0.3) is 0 Å². The first-order valence-electron chi connectivity index (χ1n) is 5.83. The minimum Gasteiger partial charge on any atom is -0.478 e. The van der Waals surface area contributed by atoms with Gasteiger partial charge in [-0.25, -0.2) is 4.79 Å². The number of carboxylic acids is 1. The maximum Gasteiger partial charge on any atom is 0.328 e. The van der Waals surface area contributed by atoms with Gasteiger partial charge in [0.2, 0.25) is 0 Å². The molecule has 2 heteroatoms. The predicted octanol–water partition coefficient (Wildman–Crippen LogP) is 3.15. The van der Waals surface area contributed by atoms with Crippen molar-refractivity contribution in [3.05, 3.63) is 23.3 Å². The molecule has 0 aromatic heterocycles. The molecule has 2 rings (SSSR count). The molecule has 0 amide bonds. The molecule has 2 aliphatic carbocycles. The third-order valence-corrected chi connectivity index (χ3v) is 3.53. The normalized spacial score (nSPS) is 31.0. The fourth-order valence-electron chi connectivity index (χ4n) is 2.71. The third-order valence-electron chi connectivity index (χ3n) is 3.53. The Kier molecular flexibility index (Phi) is 2.94. The van der Waals surface area contributed by atoms with Crippen LogP contribution >= 0.6 is 0 Å². The zero-order valence-electron chi connectivity index (χ0n) is 9.20. The minimum atomic E-state index is -0.793. The summed E-state index contributed by atoms with van der Waals surface area (Å²) in [4.78, 5) is 10.5. The number of hydrogen-bond acceptors (Lipinski definition) is 1. The highest BCUT2D eigenvalue weighted by Crippen LogP contribution is 2.50. The summed E-state index contributed by atoms with van der Waals surface area (Å²) in [6.07, 6.45) is 9.65. The zero-order valence-corrected chi connectivity index (χ0v) is 9.20. The predicted molar refractivity (Wildman–Crippen MR) is 59.5 cm³/mol. The van der Waals surface area contributed by atoms with Gasteiger partial charge in [-0.1, -0.05) is 30.6 Å². The Morgan fingerprint density at radius 3 is 3.07 bits per heavy atom. The van der Waals surface area contributed by atoms with Gasteiger partial charge in [-0.2, -0.15) is 0 Å². The summed E-state index contributed by atoms with van der Waals surface area (Å²) in [6, 6.07) is 0. The van der Waals surface area contributed by atoms with Crippen molar-refractivity contribution < 1.29 is 9.90 Å². The Morgan fingerprint density at radius 1 is 1.60 bits per heavy atom. The van der Waals surface area contributed by atoms with Crippen molar-refractivity contribution >= 4 is 5.97 Å². The number of hydrogen-bond donors (Lipinski definition) is 1. The first-order chi connectivity index (χ1) is 7.20. The van der Waals surface area contributed by atoms with Gasteiger partial charge in [0, 0.05) is 12.0 Å². The summed E-state index contributed by atoms with van der Waals surface area (Å²) in [5, 5.41) is 8.68. The lowest BCUT2D eigenvalue weighted by molar-refractivity contribution is -0.131. The van der Waals surface area contributed by atoms with Gasteiger partial charge in [0.15, 0.2) is 0 Å². The van der Waals surface area contributed by atoms with Crippen LogP contribution in [0.25, 0.3) is 0 Å². The molecule has 82 valence electrons. The maximum atomic E-state index is 10.5. The molecule has 0 aliphatic heterocycles. The Balaban J connectivity index is 1.95. The van der Waals surface area contributed by atoms with Crippen LogP contribution < -0.4 is 0 Å². The molecule has 0 bridgehead atoms. The monoisotopic (exact) mass is 206 g/mol. The molecular weight excluding hydrogens is 188 g/mol. The summed E-state index contributed by atoms with van der Waals surface area (Å²) in [7, 11) is 0. The number of fused-ring (bicyclic) bond motifs is 1. The second-order valence-corrected chi connectivity index (χ2v) is 4.68. The van der Waals surface area contributed by atoms with Crippen molar-refractivity contribution in [3.8, 4) is 0 Å². The van der Waals surface area contributed by atoms with Crippen LogP contribution in [0.15, 0.2) is 23.3 Å². The molecule has 2 nitrogen and oxygen atoms in total. The molecule has 0 radical (unpaired) electrons. The van der Waals surface area contributed by atoms with E-state index in [9.17, 15) is 4.79 Å². The van der Waals surface area contributed by atoms with E-state index in [1.54, 1.807) is 5.57 Å². The highest BCUT2D eigenvalue weighted by Gasteiger charge is 2.39. The highest BCUT2D eigenvalue weighted by atomic mass is 16.4. The second-order valence-electron chi connectivity index (χ2n) is 4.68. The maximum absolute atomic E-state index is 10.5. The Hall–Kier alpha value is -1.05. The Labute approximate surface area is 90.7 Å². The van der Waals surface area contributed by atoms with Crippen molar-refractivity contribution in [1.29, 1.82) is 0 Å². The van der Waals surface area contributed by atoms with Crippen molar-refractivity contribution in [1.82, 2.24) is 0 Å². The van der Waals surface area contributed by atoms with Gasteiger partial charge >= 0.3 is 5.97 Å². The number of aliphatic carboxylic acids is 1. The van der Waals surface area contributed by atoms with Crippen molar-refractivity contribution in [2.24, 2.45) is 11.8 Å². The molecule has 0 saturated heterocycles. The van der Waals surface area contributed by atoms with E-state index in [2.05, 4.69) is 13.0 Å². The molecule has 0 heterocycles. The first-order valence-corrected chi connectivity index (χ1v) is 5.83. The van der Waals surface area contributed by atoms with Crippen LogP contribution in [-0.4, -0.2) is 11.1 Å². The van der Waals surface area contributed by atoms with Gasteiger partial charge < -0.3 is 5.11 Å². The molecule has 0 aromatic carbocycles. The molecule has 1 N–H and O–H groups in total. The van der Waals surface area contributed by atoms with E-state index in [0.717, 1.165) is 17.9 Å². The van der Waals surface area contributed by atoms with Crippen LogP contribution in [0.2, 0.25) is 0 Å². The molecule has 0 unspecified atom stereocenters. The number of rotatable bonds is 4. The van der Waals surface area contributed by atoms with Gasteiger partial charge in [0.1, 0.15) is 0 Å². The molecule has 0 spiro atoms. The average Bonchev–Trinajstić information content (AvgIpc) is 2.49. The fraction of sp³-hybridized carbons (Fsp3) is 0.615. The van der Waals surface area contributed by atoms with Gasteiger partial charge in [-0.3, -0.25) is 0 Å². The second kappa shape index (κ2) is 4.21. The first kappa shape index (κ1) is 10.5. The molecule has 2 aliphatic rings. The number of allylic oxidation sites excluding steroid dienone is 3. The van der Waals surface area contributed by atoms with E-state index in [1.807, 2.05) is 0 Å². The molecule has 0 aromatic rings. The number of carboxylic acid groups (broad SMARTS) is 1. The van der Waals surface area contributed by atoms with Crippen LogP contribution in [0, 0.1) is 11.8 Å². The Bertz CT molecular complexity index is 325. The molecule has 1 fully saturated rings. The van der Waals surface area contributed by atoms with Crippen molar-refractivity contribution in [2.45, 2.75) is 39.0 Å². The summed E-state index contributed by atoms with van der Waals surface area (Å²) in [5.74, 6) is 0.397. The van der Waals surface area contributed by atoms with Crippen LogP contribution in [0.1, 0.15) is 39.0 Å². The topological polar surface area (TPSA) is 37.3 Å². The molecular formula is C13H18O2. The van der Waals surface area contributed by atoms with Gasteiger partial charge in [0.05, 0.1) is 0 Å². The largest absolute Gasteiger partial charge is 0.478 e. The zero-order chi connectivity index (χ0) is 10.8. The molecule has 1 saturated carbocycles. The standard InChI is InChI=1S/C13H18O2/c1-2-3-4-9-5-10-7-11(8-13(14)15)12(10)6-9/h6,8,10,12H,2-5,7H2,1H3,(H,14,15)/t10-,12-/m0/s1. The lowest BCUT2D eigenvalue weighted by atomic mass is 9.71. The van der Waals surface area contributed by atoms with Gasteiger partial charge in [-0.15, -0.1) is 0 Å². The number of carbonyl (C=O) groups is 1. The summed E-state index contributed by atoms with van der Waals surface area (Å²) >= 11 is 0. The van der Waals surface area contributed by atoms with Crippen LogP contribution in [0.5, 0.6) is 0 Å². The number of unbranched alkanes of at least 4 members (excludes halogenated alkanes) is 1. The summed E-state index contributed by atoms with van der Waals surface area (Å²) < 4.78 is 0. The van der Waals surface area contributed by atoms with Crippen LogP contribution in [0.3, 0.4) is 0 Å². The lowest BCUT2D eigenvalue weighted by Crippen LogP contribution is -2.24. The Morgan fingerprint density at radius 2 is 2.40 bits per heavy atom. The smallest absolute Gasteiger partial charge is 0.328 e. The minimum absolute atomic E-state index is 0.466.